The van der Waals surface area contributed by atoms with Gasteiger partial charge in [0.05, 0.1) is 0 Å². The van der Waals surface area contributed by atoms with E-state index in [4.69, 9.17) is 9.72 Å². The molecular weight excluding hydrogens is 464 g/mol. The van der Waals surface area contributed by atoms with Crippen LogP contribution in [-0.2, 0) is 16.6 Å². The van der Waals surface area contributed by atoms with Crippen molar-refractivity contribution in [3.8, 4) is 11.5 Å². The van der Waals surface area contributed by atoms with Crippen LogP contribution < -0.4 is 10.1 Å². The number of hydrogen-bond acceptors (Lipinski definition) is 4. The first-order valence-electron chi connectivity index (χ1n) is 12.9. The predicted molar refractivity (Wildman–Crippen MR) is 146 cm³/mol. The highest BCUT2D eigenvalue weighted by Crippen LogP contribution is 2.33. The summed E-state index contributed by atoms with van der Waals surface area (Å²) in [6.07, 6.45) is 5.48. The summed E-state index contributed by atoms with van der Waals surface area (Å²) in [6, 6.07) is 14.5. The van der Waals surface area contributed by atoms with Crippen LogP contribution in [-0.4, -0.2) is 28.0 Å². The lowest BCUT2D eigenvalue weighted by Gasteiger charge is -2.19. The lowest BCUT2D eigenvalue weighted by atomic mass is 9.87. The van der Waals surface area contributed by atoms with Crippen LogP contribution in [0.5, 0.6) is 11.5 Å². The van der Waals surface area contributed by atoms with E-state index in [9.17, 15) is 14.7 Å². The van der Waals surface area contributed by atoms with Gasteiger partial charge in [-0.2, -0.15) is 0 Å². The first-order chi connectivity index (χ1) is 17.5. The molecule has 3 aromatic rings. The van der Waals surface area contributed by atoms with E-state index in [0.29, 0.717) is 17.2 Å². The van der Waals surface area contributed by atoms with Gasteiger partial charge in [-0.25, -0.2) is 9.78 Å². The molecule has 1 aliphatic carbocycles. The first kappa shape index (κ1) is 26.4. The highest BCUT2D eigenvalue weighted by Gasteiger charge is 2.24. The summed E-state index contributed by atoms with van der Waals surface area (Å²) in [5.41, 5.74) is 2.71. The fourth-order valence-corrected chi connectivity index (χ4v) is 4.88. The highest BCUT2D eigenvalue weighted by atomic mass is 16.5. The van der Waals surface area contributed by atoms with Gasteiger partial charge in [0.25, 0.3) is 5.91 Å². The molecule has 0 spiro atoms. The van der Waals surface area contributed by atoms with Gasteiger partial charge >= 0.3 is 5.97 Å². The lowest BCUT2D eigenvalue weighted by Crippen LogP contribution is -2.41. The fourth-order valence-electron chi connectivity index (χ4n) is 4.88. The van der Waals surface area contributed by atoms with Gasteiger partial charge in [0, 0.05) is 11.1 Å². The van der Waals surface area contributed by atoms with Crippen LogP contribution in [0.1, 0.15) is 75.1 Å². The van der Waals surface area contributed by atoms with Gasteiger partial charge in [0.15, 0.2) is 0 Å². The Kier molecular flexibility index (Phi) is 7.67. The molecule has 6 heteroatoms. The monoisotopic (exact) mass is 500 g/mol. The van der Waals surface area contributed by atoms with Crippen molar-refractivity contribution in [3.05, 3.63) is 77.6 Å². The van der Waals surface area contributed by atoms with Crippen molar-refractivity contribution in [1.82, 2.24) is 10.3 Å². The zero-order valence-electron chi connectivity index (χ0n) is 22.1. The van der Waals surface area contributed by atoms with Crippen molar-refractivity contribution >= 4 is 22.6 Å². The summed E-state index contributed by atoms with van der Waals surface area (Å²) in [6.45, 7) is 11.8. The summed E-state index contributed by atoms with van der Waals surface area (Å²) >= 11 is 0. The molecule has 1 saturated carbocycles. The molecule has 1 atom stereocenters. The van der Waals surface area contributed by atoms with Crippen LogP contribution >= 0.6 is 0 Å². The summed E-state index contributed by atoms with van der Waals surface area (Å²) in [5.74, 6) is 0.309. The number of carbonyl (C=O) groups excluding carboxylic acids is 1. The molecule has 1 aliphatic rings. The number of aliphatic carboxylic acids is 1. The van der Waals surface area contributed by atoms with Gasteiger partial charge in [-0.05, 0) is 71.5 Å². The Morgan fingerprint density at radius 1 is 1.08 bits per heavy atom. The molecule has 6 nitrogen and oxygen atoms in total. The average molecular weight is 501 g/mol. The summed E-state index contributed by atoms with van der Waals surface area (Å²) in [7, 11) is 0. The molecule has 194 valence electrons. The Hall–Kier alpha value is -3.67. The number of fused-ring (bicyclic) bond motifs is 1. The highest BCUT2D eigenvalue weighted by molar-refractivity contribution is 5.99. The number of nitrogens with one attached hydrogen (secondary N) is 1. The van der Waals surface area contributed by atoms with E-state index in [1.807, 2.05) is 30.3 Å². The predicted octanol–water partition coefficient (Wildman–Crippen LogP) is 6.82. The summed E-state index contributed by atoms with van der Waals surface area (Å²) in [4.78, 5) is 29.3. The third-order valence-electron chi connectivity index (χ3n) is 7.04. The SMILES string of the molecule is C=C(C)[C@H](NC(=O)c1cc2ccc(Oc3ccc(C(C)(C)C)cc3)cc2c(CC2CCCC2)n1)C(=O)O. The maximum Gasteiger partial charge on any atom is 0.330 e. The molecule has 0 aliphatic heterocycles. The van der Waals surface area contributed by atoms with Crippen molar-refractivity contribution < 1.29 is 19.4 Å². The number of carboxylic acids is 1. The van der Waals surface area contributed by atoms with Crippen molar-refractivity contribution in [2.45, 2.75) is 71.3 Å². The van der Waals surface area contributed by atoms with Gasteiger partial charge < -0.3 is 15.2 Å². The molecule has 37 heavy (non-hydrogen) atoms. The van der Waals surface area contributed by atoms with E-state index in [-0.39, 0.29) is 11.1 Å². The van der Waals surface area contributed by atoms with E-state index >= 15 is 0 Å². The van der Waals surface area contributed by atoms with Crippen LogP contribution in [0, 0.1) is 5.92 Å². The molecule has 4 rings (SSSR count). The number of rotatable bonds is 8. The van der Waals surface area contributed by atoms with Crippen molar-refractivity contribution in [1.29, 1.82) is 0 Å². The molecule has 0 unspecified atom stereocenters. The second-order valence-corrected chi connectivity index (χ2v) is 11.2. The Morgan fingerprint density at radius 3 is 2.32 bits per heavy atom. The molecule has 0 saturated heterocycles. The number of pyridine rings is 1. The van der Waals surface area contributed by atoms with E-state index < -0.39 is 17.9 Å². The minimum atomic E-state index is -1.16. The molecule has 1 aromatic heterocycles. The maximum atomic E-state index is 13.0. The van der Waals surface area contributed by atoms with Gasteiger partial charge in [0.2, 0.25) is 0 Å². The number of nitrogens with zero attached hydrogens (tertiary/aromatic N) is 1. The van der Waals surface area contributed by atoms with Crippen LogP contribution in [0.2, 0.25) is 0 Å². The van der Waals surface area contributed by atoms with Crippen molar-refractivity contribution in [3.63, 3.8) is 0 Å². The molecular formula is C31H36N2O4. The van der Waals surface area contributed by atoms with Crippen molar-refractivity contribution in [2.24, 2.45) is 5.92 Å². The van der Waals surface area contributed by atoms with Gasteiger partial charge in [-0.1, -0.05) is 71.2 Å². The molecule has 1 amide bonds. The maximum absolute atomic E-state index is 13.0. The number of ether oxygens (including phenoxy) is 1. The van der Waals surface area contributed by atoms with Gasteiger partial charge in [-0.3, -0.25) is 4.79 Å². The molecule has 1 heterocycles. The number of benzene rings is 2. The molecule has 2 N–H and O–H groups in total. The number of carboxylic acid groups (broad SMARTS) is 1. The standard InChI is InChI=1S/C31H36N2O4/c1-19(2)28(30(35)36)33-29(34)27-17-21-10-13-24(37-23-14-11-22(12-15-23)31(3,4)5)18-25(21)26(32-27)16-20-8-6-7-9-20/h10-15,17-18,20,28H,1,6-9,16H2,2-5H3,(H,33,34)(H,35,36)/t28-/m0/s1. The zero-order chi connectivity index (χ0) is 26.7. The molecule has 0 bridgehead atoms. The Bertz CT molecular complexity index is 1300. The second-order valence-electron chi connectivity index (χ2n) is 11.2. The largest absolute Gasteiger partial charge is 0.479 e. The first-order valence-corrected chi connectivity index (χ1v) is 12.9. The average Bonchev–Trinajstić information content (AvgIpc) is 3.35. The Labute approximate surface area is 218 Å². The quantitative estimate of drug-likeness (QED) is 0.332. The number of carbonyl (C=O) groups is 2. The number of aromatic nitrogens is 1. The van der Waals surface area contributed by atoms with Crippen LogP contribution in [0.25, 0.3) is 10.8 Å². The van der Waals surface area contributed by atoms with E-state index in [2.05, 4.69) is 44.8 Å². The number of amides is 1. The lowest BCUT2D eigenvalue weighted by molar-refractivity contribution is -0.138. The smallest absolute Gasteiger partial charge is 0.330 e. The van der Waals surface area contributed by atoms with E-state index in [0.717, 1.165) is 41.5 Å². The Morgan fingerprint density at radius 2 is 1.73 bits per heavy atom. The third-order valence-corrected chi connectivity index (χ3v) is 7.04. The topological polar surface area (TPSA) is 88.5 Å². The fraction of sp³-hybridized carbons (Fsp3) is 0.387. The van der Waals surface area contributed by atoms with Crippen LogP contribution in [0.4, 0.5) is 0 Å². The van der Waals surface area contributed by atoms with Gasteiger partial charge in [0.1, 0.15) is 23.2 Å². The third kappa shape index (κ3) is 6.37. The summed E-state index contributed by atoms with van der Waals surface area (Å²) < 4.78 is 6.18. The molecule has 2 aromatic carbocycles. The minimum Gasteiger partial charge on any atom is -0.479 e. The minimum absolute atomic E-state index is 0.0706. The van der Waals surface area contributed by atoms with E-state index in [1.54, 1.807) is 13.0 Å². The Balaban J connectivity index is 1.66. The normalized spacial score (nSPS) is 14.9. The van der Waals surface area contributed by atoms with Crippen molar-refractivity contribution in [2.75, 3.05) is 0 Å². The zero-order valence-corrected chi connectivity index (χ0v) is 22.1. The summed E-state index contributed by atoms with van der Waals surface area (Å²) in [5, 5.41) is 13.8. The van der Waals surface area contributed by atoms with Crippen LogP contribution in [0.3, 0.4) is 0 Å². The van der Waals surface area contributed by atoms with Crippen LogP contribution in [0.15, 0.2) is 60.7 Å². The molecule has 0 radical (unpaired) electrons. The molecule has 1 fully saturated rings. The van der Waals surface area contributed by atoms with Gasteiger partial charge in [-0.15, -0.1) is 0 Å². The van der Waals surface area contributed by atoms with E-state index in [1.165, 1.54) is 18.4 Å². The number of hydrogen-bond donors (Lipinski definition) is 2. The second kappa shape index (κ2) is 10.8.